The topological polar surface area (TPSA) is 77.1 Å². The highest BCUT2D eigenvalue weighted by Crippen LogP contribution is 2.30. The lowest BCUT2D eigenvalue weighted by molar-refractivity contribution is -0.140. The second-order valence-corrected chi connectivity index (χ2v) is 10.8. The molecule has 0 saturated heterocycles. The van der Waals surface area contributed by atoms with Crippen molar-refractivity contribution in [2.45, 2.75) is 57.0 Å². The first kappa shape index (κ1) is 28.5. The maximum Gasteiger partial charge on any atom is 0.247 e. The van der Waals surface area contributed by atoms with Crippen molar-refractivity contribution in [3.63, 3.8) is 0 Å². The molecular weight excluding hydrogens is 512 g/mol. The Kier molecular flexibility index (Phi) is 10.3. The van der Waals surface area contributed by atoms with E-state index < -0.39 is 6.04 Å². The number of thiophene rings is 1. The predicted molar refractivity (Wildman–Crippen MR) is 154 cm³/mol. The Balaban J connectivity index is 1.67. The van der Waals surface area contributed by atoms with Crippen molar-refractivity contribution in [1.82, 2.24) is 10.2 Å². The van der Waals surface area contributed by atoms with Crippen LogP contribution in [0.4, 0.5) is 0 Å². The minimum atomic E-state index is -0.783. The minimum Gasteiger partial charge on any atom is -0.497 e. The molecule has 1 aromatic heterocycles. The van der Waals surface area contributed by atoms with E-state index in [-0.39, 0.29) is 24.3 Å². The Labute approximate surface area is 235 Å². The lowest BCUT2D eigenvalue weighted by Crippen LogP contribution is -2.48. The van der Waals surface area contributed by atoms with Gasteiger partial charge in [0.25, 0.3) is 0 Å². The first-order chi connectivity index (χ1) is 19.0. The number of benzene rings is 2. The lowest BCUT2D eigenvalue weighted by Gasteiger charge is -2.33. The normalized spacial score (nSPS) is 14.3. The summed E-state index contributed by atoms with van der Waals surface area (Å²) in [7, 11) is 4.81. The van der Waals surface area contributed by atoms with Crippen molar-refractivity contribution in [2.24, 2.45) is 0 Å². The zero-order valence-electron chi connectivity index (χ0n) is 23.0. The number of nitrogens with one attached hydrogen (secondary N) is 1. The van der Waals surface area contributed by atoms with Gasteiger partial charge in [-0.2, -0.15) is 0 Å². The molecule has 0 aliphatic heterocycles. The van der Waals surface area contributed by atoms with Gasteiger partial charge < -0.3 is 24.4 Å². The van der Waals surface area contributed by atoms with Crippen LogP contribution in [-0.4, -0.2) is 50.6 Å². The molecule has 2 amide bonds. The van der Waals surface area contributed by atoms with E-state index in [1.165, 1.54) is 6.42 Å². The van der Waals surface area contributed by atoms with Gasteiger partial charge in [0.15, 0.2) is 11.5 Å². The van der Waals surface area contributed by atoms with Crippen LogP contribution in [0.3, 0.4) is 0 Å². The highest BCUT2D eigenvalue weighted by Gasteiger charge is 2.33. The van der Waals surface area contributed by atoms with Gasteiger partial charge in [0, 0.05) is 17.5 Å². The SMILES string of the molecule is COc1cccc(C(C(=O)NC2CCCCC2)N(CCc2ccc(OC)c(OC)c2)C(=O)Cc2cccs2)c1. The smallest absolute Gasteiger partial charge is 0.247 e. The average molecular weight is 551 g/mol. The number of hydrogen-bond acceptors (Lipinski definition) is 6. The fourth-order valence-electron chi connectivity index (χ4n) is 5.16. The Morgan fingerprint density at radius 2 is 1.74 bits per heavy atom. The molecule has 1 fully saturated rings. The third-order valence-corrected chi connectivity index (χ3v) is 8.11. The Morgan fingerprint density at radius 1 is 0.949 bits per heavy atom. The summed E-state index contributed by atoms with van der Waals surface area (Å²) < 4.78 is 16.3. The number of nitrogens with zero attached hydrogens (tertiary/aromatic N) is 1. The largest absolute Gasteiger partial charge is 0.497 e. The fourth-order valence-corrected chi connectivity index (χ4v) is 5.85. The van der Waals surface area contributed by atoms with E-state index in [1.807, 2.05) is 60.0 Å². The summed E-state index contributed by atoms with van der Waals surface area (Å²) in [5.41, 5.74) is 1.72. The summed E-state index contributed by atoms with van der Waals surface area (Å²) in [6.45, 7) is 0.361. The molecule has 3 aromatic rings. The number of hydrogen-bond donors (Lipinski definition) is 1. The number of carbonyl (C=O) groups excluding carboxylic acids is 2. The summed E-state index contributed by atoms with van der Waals surface area (Å²) in [6.07, 6.45) is 6.12. The molecule has 1 saturated carbocycles. The van der Waals surface area contributed by atoms with Crippen LogP contribution >= 0.6 is 11.3 Å². The highest BCUT2D eigenvalue weighted by molar-refractivity contribution is 7.10. The molecular formula is C31H38N2O5S. The molecule has 1 N–H and O–H groups in total. The van der Waals surface area contributed by atoms with Crippen LogP contribution < -0.4 is 19.5 Å². The highest BCUT2D eigenvalue weighted by atomic mass is 32.1. The van der Waals surface area contributed by atoms with Crippen LogP contribution in [0.1, 0.15) is 54.1 Å². The van der Waals surface area contributed by atoms with E-state index >= 15 is 0 Å². The van der Waals surface area contributed by atoms with E-state index in [2.05, 4.69) is 5.32 Å². The third kappa shape index (κ3) is 7.53. The van der Waals surface area contributed by atoms with E-state index in [0.717, 1.165) is 41.7 Å². The fraction of sp³-hybridized carbons (Fsp3) is 0.419. The molecule has 1 unspecified atom stereocenters. The molecule has 1 aliphatic rings. The van der Waals surface area contributed by atoms with Gasteiger partial charge in [0.2, 0.25) is 11.8 Å². The summed E-state index contributed by atoms with van der Waals surface area (Å²) >= 11 is 1.54. The second kappa shape index (κ2) is 14.0. The molecule has 2 aromatic carbocycles. The Hall–Kier alpha value is -3.52. The van der Waals surface area contributed by atoms with Crippen LogP contribution in [0.2, 0.25) is 0 Å². The average Bonchev–Trinajstić information content (AvgIpc) is 3.48. The van der Waals surface area contributed by atoms with Gasteiger partial charge in [-0.05, 0) is 66.1 Å². The summed E-state index contributed by atoms with van der Waals surface area (Å²) in [5.74, 6) is 1.68. The second-order valence-electron chi connectivity index (χ2n) is 9.81. The Bertz CT molecular complexity index is 1220. The first-order valence-electron chi connectivity index (χ1n) is 13.5. The van der Waals surface area contributed by atoms with Gasteiger partial charge in [-0.1, -0.05) is 43.5 Å². The number of methoxy groups -OCH3 is 3. The maximum absolute atomic E-state index is 14.0. The van der Waals surface area contributed by atoms with E-state index in [1.54, 1.807) is 37.6 Å². The lowest BCUT2D eigenvalue weighted by atomic mass is 9.94. The Morgan fingerprint density at radius 3 is 2.44 bits per heavy atom. The first-order valence-corrected chi connectivity index (χ1v) is 14.4. The van der Waals surface area contributed by atoms with Crippen molar-refractivity contribution in [2.75, 3.05) is 27.9 Å². The van der Waals surface area contributed by atoms with E-state index in [9.17, 15) is 9.59 Å². The number of carbonyl (C=O) groups is 2. The van der Waals surface area contributed by atoms with Crippen LogP contribution in [0, 0.1) is 0 Å². The number of rotatable bonds is 12. The van der Waals surface area contributed by atoms with Gasteiger partial charge >= 0.3 is 0 Å². The third-order valence-electron chi connectivity index (χ3n) is 7.24. The van der Waals surface area contributed by atoms with E-state index in [4.69, 9.17) is 14.2 Å². The van der Waals surface area contributed by atoms with Crippen molar-refractivity contribution in [3.05, 3.63) is 76.0 Å². The summed E-state index contributed by atoms with van der Waals surface area (Å²) in [4.78, 5) is 30.6. The van der Waals surface area contributed by atoms with Crippen molar-refractivity contribution >= 4 is 23.2 Å². The monoisotopic (exact) mass is 550 g/mol. The number of amides is 2. The van der Waals surface area contributed by atoms with Crippen molar-refractivity contribution in [3.8, 4) is 17.2 Å². The van der Waals surface area contributed by atoms with Crippen LogP contribution in [0.15, 0.2) is 60.0 Å². The molecule has 1 aliphatic carbocycles. The van der Waals surface area contributed by atoms with Crippen molar-refractivity contribution in [1.29, 1.82) is 0 Å². The molecule has 0 radical (unpaired) electrons. The van der Waals surface area contributed by atoms with Crippen LogP contribution in [0.5, 0.6) is 17.2 Å². The van der Waals surface area contributed by atoms with Crippen molar-refractivity contribution < 1.29 is 23.8 Å². The van der Waals surface area contributed by atoms with Crippen LogP contribution in [0.25, 0.3) is 0 Å². The van der Waals surface area contributed by atoms with Crippen LogP contribution in [-0.2, 0) is 22.4 Å². The van der Waals surface area contributed by atoms with Gasteiger partial charge in [0.1, 0.15) is 11.8 Å². The van der Waals surface area contributed by atoms with Gasteiger partial charge in [-0.15, -0.1) is 11.3 Å². The molecule has 4 rings (SSSR count). The molecule has 208 valence electrons. The molecule has 8 heteroatoms. The quantitative estimate of drug-likeness (QED) is 0.319. The standard InChI is InChI=1S/C31H38N2O5S/c1-36-25-12-7-9-23(20-25)30(31(35)32-24-10-5-4-6-11-24)33(29(34)21-26-13-8-18-39-26)17-16-22-14-15-27(37-2)28(19-22)38-3/h7-9,12-15,18-20,24,30H,4-6,10-11,16-17,21H2,1-3H3,(H,32,35). The molecule has 1 atom stereocenters. The zero-order chi connectivity index (χ0) is 27.6. The molecule has 0 spiro atoms. The zero-order valence-corrected chi connectivity index (χ0v) is 23.8. The van der Waals surface area contributed by atoms with Gasteiger partial charge in [0.05, 0.1) is 27.8 Å². The summed E-state index contributed by atoms with van der Waals surface area (Å²) in [5, 5.41) is 5.24. The summed E-state index contributed by atoms with van der Waals surface area (Å²) in [6, 6.07) is 16.5. The molecule has 1 heterocycles. The molecule has 0 bridgehead atoms. The van der Waals surface area contributed by atoms with Gasteiger partial charge in [-0.25, -0.2) is 0 Å². The molecule has 39 heavy (non-hydrogen) atoms. The maximum atomic E-state index is 14.0. The number of ether oxygens (including phenoxy) is 3. The van der Waals surface area contributed by atoms with Gasteiger partial charge in [-0.3, -0.25) is 9.59 Å². The molecule has 7 nitrogen and oxygen atoms in total. The predicted octanol–water partition coefficient (Wildman–Crippen LogP) is 5.58. The van der Waals surface area contributed by atoms with E-state index in [0.29, 0.717) is 30.2 Å². The minimum absolute atomic E-state index is 0.0930.